The summed E-state index contributed by atoms with van der Waals surface area (Å²) in [6.45, 7) is 3.25. The molecule has 3 rings (SSSR count). The van der Waals surface area contributed by atoms with Crippen LogP contribution in [0.2, 0.25) is 0 Å². The van der Waals surface area contributed by atoms with Crippen LogP contribution in [-0.2, 0) is 4.74 Å². The molecule has 2 aromatic carbocycles. The van der Waals surface area contributed by atoms with Crippen LogP contribution in [0.25, 0.3) is 16.6 Å². The van der Waals surface area contributed by atoms with Crippen LogP contribution in [0.3, 0.4) is 0 Å². The molecule has 0 amide bonds. The molecular formula is C19H20N2O3S. The average molecular weight is 356 g/mol. The van der Waals surface area contributed by atoms with E-state index in [-0.39, 0.29) is 5.56 Å². The van der Waals surface area contributed by atoms with E-state index in [0.717, 1.165) is 11.4 Å². The zero-order valence-electron chi connectivity index (χ0n) is 14.3. The maximum atomic E-state index is 13.1. The predicted molar refractivity (Wildman–Crippen MR) is 101 cm³/mol. The number of rotatable bonds is 7. The van der Waals surface area contributed by atoms with Gasteiger partial charge in [0.05, 0.1) is 30.3 Å². The molecule has 0 atom stereocenters. The van der Waals surface area contributed by atoms with E-state index in [9.17, 15) is 4.79 Å². The molecule has 0 aliphatic rings. The molecule has 0 bridgehead atoms. The van der Waals surface area contributed by atoms with Crippen molar-refractivity contribution >= 4 is 22.7 Å². The molecule has 25 heavy (non-hydrogen) atoms. The SMILES string of the molecule is CCOCCSc1nc2ccccc2c(=O)n1-c1cccc(OC)c1. The summed E-state index contributed by atoms with van der Waals surface area (Å²) in [4.78, 5) is 17.8. The Morgan fingerprint density at radius 3 is 2.80 bits per heavy atom. The van der Waals surface area contributed by atoms with Gasteiger partial charge in [-0.1, -0.05) is 30.0 Å². The van der Waals surface area contributed by atoms with Gasteiger partial charge in [-0.15, -0.1) is 0 Å². The lowest BCUT2D eigenvalue weighted by Crippen LogP contribution is -2.22. The summed E-state index contributed by atoms with van der Waals surface area (Å²) < 4.78 is 12.3. The summed E-state index contributed by atoms with van der Waals surface area (Å²) in [7, 11) is 1.61. The Labute approximate surface area is 150 Å². The lowest BCUT2D eigenvalue weighted by Gasteiger charge is -2.14. The molecule has 5 nitrogen and oxygen atoms in total. The number of fused-ring (bicyclic) bond motifs is 1. The van der Waals surface area contributed by atoms with Gasteiger partial charge in [0.1, 0.15) is 5.75 Å². The van der Waals surface area contributed by atoms with E-state index in [2.05, 4.69) is 0 Å². The fourth-order valence-corrected chi connectivity index (χ4v) is 3.39. The molecular weight excluding hydrogens is 336 g/mol. The maximum Gasteiger partial charge on any atom is 0.266 e. The highest BCUT2D eigenvalue weighted by Gasteiger charge is 2.13. The summed E-state index contributed by atoms with van der Waals surface area (Å²) in [5.41, 5.74) is 1.35. The summed E-state index contributed by atoms with van der Waals surface area (Å²) in [6.07, 6.45) is 0. The van der Waals surface area contributed by atoms with Crippen molar-refractivity contribution in [2.45, 2.75) is 12.1 Å². The topological polar surface area (TPSA) is 53.3 Å². The van der Waals surface area contributed by atoms with Crippen LogP contribution in [0.4, 0.5) is 0 Å². The first-order chi connectivity index (χ1) is 12.2. The number of hydrogen-bond acceptors (Lipinski definition) is 5. The van der Waals surface area contributed by atoms with Gasteiger partial charge < -0.3 is 9.47 Å². The van der Waals surface area contributed by atoms with E-state index in [1.165, 1.54) is 11.8 Å². The molecule has 0 fully saturated rings. The molecule has 130 valence electrons. The van der Waals surface area contributed by atoms with Crippen LogP contribution in [0.1, 0.15) is 6.92 Å². The Kier molecular flexibility index (Phi) is 5.73. The van der Waals surface area contributed by atoms with Gasteiger partial charge in [-0.25, -0.2) is 4.98 Å². The van der Waals surface area contributed by atoms with Crippen LogP contribution in [-0.4, -0.2) is 35.6 Å². The first-order valence-electron chi connectivity index (χ1n) is 8.11. The molecule has 0 unspecified atom stereocenters. The van der Waals surface area contributed by atoms with Gasteiger partial charge in [-0.05, 0) is 31.2 Å². The number of aromatic nitrogens is 2. The van der Waals surface area contributed by atoms with Crippen LogP contribution in [0.15, 0.2) is 58.5 Å². The number of methoxy groups -OCH3 is 1. The molecule has 0 saturated carbocycles. The normalized spacial score (nSPS) is 11.0. The van der Waals surface area contributed by atoms with E-state index in [4.69, 9.17) is 14.5 Å². The second-order valence-corrected chi connectivity index (χ2v) is 6.36. The van der Waals surface area contributed by atoms with Crippen molar-refractivity contribution in [3.63, 3.8) is 0 Å². The molecule has 0 aliphatic carbocycles. The Hall–Kier alpha value is -2.31. The minimum absolute atomic E-state index is 0.0854. The van der Waals surface area contributed by atoms with Crippen LogP contribution in [0, 0.1) is 0 Å². The van der Waals surface area contributed by atoms with Crippen molar-refractivity contribution in [1.82, 2.24) is 9.55 Å². The van der Waals surface area contributed by atoms with Crippen molar-refractivity contribution in [1.29, 1.82) is 0 Å². The Balaban J connectivity index is 2.12. The van der Waals surface area contributed by atoms with Crippen molar-refractivity contribution in [2.24, 2.45) is 0 Å². The number of thioether (sulfide) groups is 1. The summed E-state index contributed by atoms with van der Waals surface area (Å²) in [5, 5.41) is 1.25. The molecule has 0 N–H and O–H groups in total. The Morgan fingerprint density at radius 1 is 1.16 bits per heavy atom. The summed E-state index contributed by atoms with van der Waals surface area (Å²) in [6, 6.07) is 14.8. The molecule has 1 heterocycles. The fraction of sp³-hybridized carbons (Fsp3) is 0.263. The van der Waals surface area contributed by atoms with E-state index in [0.29, 0.717) is 35.0 Å². The van der Waals surface area contributed by atoms with Crippen molar-refractivity contribution in [3.8, 4) is 11.4 Å². The van der Waals surface area contributed by atoms with Gasteiger partial charge in [0.15, 0.2) is 5.16 Å². The molecule has 1 aromatic heterocycles. The van der Waals surface area contributed by atoms with E-state index in [1.807, 2.05) is 49.4 Å². The molecule has 3 aromatic rings. The van der Waals surface area contributed by atoms with Gasteiger partial charge in [-0.3, -0.25) is 9.36 Å². The van der Waals surface area contributed by atoms with E-state index >= 15 is 0 Å². The van der Waals surface area contributed by atoms with Gasteiger partial charge in [0.25, 0.3) is 5.56 Å². The minimum atomic E-state index is -0.0854. The third-order valence-corrected chi connectivity index (χ3v) is 4.62. The van der Waals surface area contributed by atoms with Crippen LogP contribution >= 0.6 is 11.8 Å². The lowest BCUT2D eigenvalue weighted by atomic mass is 10.2. The second kappa shape index (κ2) is 8.18. The highest BCUT2D eigenvalue weighted by Crippen LogP contribution is 2.23. The highest BCUT2D eigenvalue weighted by atomic mass is 32.2. The molecule has 6 heteroatoms. The van der Waals surface area contributed by atoms with Gasteiger partial charge in [0, 0.05) is 18.4 Å². The number of para-hydroxylation sites is 1. The van der Waals surface area contributed by atoms with Crippen molar-refractivity contribution in [2.75, 3.05) is 26.1 Å². The van der Waals surface area contributed by atoms with Gasteiger partial charge >= 0.3 is 0 Å². The third-order valence-electron chi connectivity index (χ3n) is 3.72. The number of ether oxygens (including phenoxy) is 2. The zero-order chi connectivity index (χ0) is 17.6. The molecule has 0 radical (unpaired) electrons. The molecule has 0 saturated heterocycles. The first-order valence-corrected chi connectivity index (χ1v) is 9.10. The number of nitrogens with zero attached hydrogens (tertiary/aromatic N) is 2. The first kappa shape index (κ1) is 17.5. The predicted octanol–water partition coefficient (Wildman–Crippen LogP) is 3.52. The second-order valence-electron chi connectivity index (χ2n) is 5.30. The minimum Gasteiger partial charge on any atom is -0.497 e. The van der Waals surface area contributed by atoms with Gasteiger partial charge in [-0.2, -0.15) is 0 Å². The Bertz CT molecular complexity index is 924. The lowest BCUT2D eigenvalue weighted by molar-refractivity contribution is 0.164. The van der Waals surface area contributed by atoms with E-state index < -0.39 is 0 Å². The average Bonchev–Trinajstić information content (AvgIpc) is 2.65. The standard InChI is InChI=1S/C19H20N2O3S/c1-3-24-11-12-25-19-20-17-10-5-4-9-16(17)18(22)21(19)14-7-6-8-15(13-14)23-2/h4-10,13H,3,11-12H2,1-2H3. The molecule has 0 spiro atoms. The zero-order valence-corrected chi connectivity index (χ0v) is 15.1. The van der Waals surface area contributed by atoms with Crippen molar-refractivity contribution < 1.29 is 9.47 Å². The quantitative estimate of drug-likeness (QED) is 0.368. The highest BCUT2D eigenvalue weighted by molar-refractivity contribution is 7.99. The van der Waals surface area contributed by atoms with Crippen LogP contribution < -0.4 is 10.3 Å². The maximum absolute atomic E-state index is 13.1. The molecule has 0 aliphatic heterocycles. The van der Waals surface area contributed by atoms with Gasteiger partial charge in [0.2, 0.25) is 0 Å². The summed E-state index contributed by atoms with van der Waals surface area (Å²) in [5.74, 6) is 1.42. The third kappa shape index (κ3) is 3.86. The number of hydrogen-bond donors (Lipinski definition) is 0. The number of benzene rings is 2. The Morgan fingerprint density at radius 2 is 2.00 bits per heavy atom. The van der Waals surface area contributed by atoms with Crippen molar-refractivity contribution in [3.05, 3.63) is 58.9 Å². The monoisotopic (exact) mass is 356 g/mol. The fourth-order valence-electron chi connectivity index (χ4n) is 2.52. The summed E-state index contributed by atoms with van der Waals surface area (Å²) >= 11 is 1.51. The van der Waals surface area contributed by atoms with Crippen LogP contribution in [0.5, 0.6) is 5.75 Å². The largest absolute Gasteiger partial charge is 0.497 e. The smallest absolute Gasteiger partial charge is 0.266 e. The van der Waals surface area contributed by atoms with E-state index in [1.54, 1.807) is 17.7 Å².